The SMILES string of the molecule is COc1ccc2c3c([nH]c2c1)[C@@H](CO)N(C(C)=O)CC31CN(S(=O)(=O)c2ccccc2)C1. The van der Waals surface area contributed by atoms with Crippen molar-refractivity contribution in [1.29, 1.82) is 0 Å². The number of fused-ring (bicyclic) bond motifs is 4. The van der Waals surface area contributed by atoms with Gasteiger partial charge in [-0.15, -0.1) is 0 Å². The van der Waals surface area contributed by atoms with Crippen LogP contribution < -0.4 is 4.74 Å². The van der Waals surface area contributed by atoms with Crippen LogP contribution in [0.3, 0.4) is 0 Å². The van der Waals surface area contributed by atoms with E-state index < -0.39 is 21.5 Å². The third-order valence-electron chi connectivity index (χ3n) is 6.66. The van der Waals surface area contributed by atoms with E-state index >= 15 is 0 Å². The minimum atomic E-state index is -3.63. The molecular weight excluding hydrogens is 430 g/mol. The van der Waals surface area contributed by atoms with Crippen molar-refractivity contribution in [2.45, 2.75) is 23.3 Å². The Bertz CT molecular complexity index is 1300. The number of H-pyrrole nitrogens is 1. The van der Waals surface area contributed by atoms with Crippen LogP contribution in [0, 0.1) is 0 Å². The molecule has 168 valence electrons. The molecule has 0 saturated carbocycles. The number of hydrogen-bond donors (Lipinski definition) is 2. The zero-order valence-corrected chi connectivity index (χ0v) is 18.7. The molecule has 8 nitrogen and oxygen atoms in total. The van der Waals surface area contributed by atoms with Gasteiger partial charge in [-0.1, -0.05) is 18.2 Å². The maximum absolute atomic E-state index is 13.2. The van der Waals surface area contributed by atoms with E-state index in [9.17, 15) is 18.3 Å². The second-order valence-corrected chi connectivity index (χ2v) is 10.5. The van der Waals surface area contributed by atoms with Crippen molar-refractivity contribution in [3.8, 4) is 5.75 Å². The molecule has 1 saturated heterocycles. The molecule has 1 aromatic heterocycles. The van der Waals surface area contributed by atoms with E-state index in [1.807, 2.05) is 18.2 Å². The number of aliphatic hydroxyl groups excluding tert-OH is 1. The van der Waals surface area contributed by atoms with Crippen molar-refractivity contribution in [1.82, 2.24) is 14.2 Å². The van der Waals surface area contributed by atoms with Crippen LogP contribution in [0.4, 0.5) is 0 Å². The van der Waals surface area contributed by atoms with Gasteiger partial charge < -0.3 is 19.7 Å². The van der Waals surface area contributed by atoms with Crippen LogP contribution in [-0.2, 0) is 20.2 Å². The molecule has 5 rings (SSSR count). The smallest absolute Gasteiger partial charge is 0.243 e. The second kappa shape index (κ2) is 7.33. The van der Waals surface area contributed by atoms with E-state index in [0.29, 0.717) is 12.3 Å². The lowest BCUT2D eigenvalue weighted by atomic mass is 9.70. The zero-order chi connectivity index (χ0) is 22.7. The number of carbonyl (C=O) groups is 1. The summed E-state index contributed by atoms with van der Waals surface area (Å²) in [6.45, 7) is 2.12. The highest BCUT2D eigenvalue weighted by molar-refractivity contribution is 7.89. The summed E-state index contributed by atoms with van der Waals surface area (Å²) in [7, 11) is -2.04. The Hall–Kier alpha value is -2.88. The maximum atomic E-state index is 13.2. The monoisotopic (exact) mass is 455 g/mol. The highest BCUT2D eigenvalue weighted by atomic mass is 32.2. The van der Waals surface area contributed by atoms with Crippen LogP contribution in [0.25, 0.3) is 10.9 Å². The summed E-state index contributed by atoms with van der Waals surface area (Å²) in [6.07, 6.45) is 0. The molecule has 2 aliphatic rings. The van der Waals surface area contributed by atoms with Crippen molar-refractivity contribution in [2.24, 2.45) is 0 Å². The fourth-order valence-corrected chi connectivity index (χ4v) is 6.77. The Morgan fingerprint density at radius 1 is 1.19 bits per heavy atom. The fourth-order valence-electron chi connectivity index (χ4n) is 5.14. The van der Waals surface area contributed by atoms with Crippen molar-refractivity contribution < 1.29 is 23.1 Å². The highest BCUT2D eigenvalue weighted by Crippen LogP contribution is 2.49. The Labute approximate surface area is 186 Å². The van der Waals surface area contributed by atoms with Gasteiger partial charge in [-0.2, -0.15) is 4.31 Å². The van der Waals surface area contributed by atoms with Gasteiger partial charge in [0.2, 0.25) is 15.9 Å². The minimum absolute atomic E-state index is 0.158. The molecule has 9 heteroatoms. The first-order chi connectivity index (χ1) is 15.3. The van der Waals surface area contributed by atoms with Crippen LogP contribution in [0.1, 0.15) is 24.2 Å². The van der Waals surface area contributed by atoms with Gasteiger partial charge in [0.15, 0.2) is 0 Å². The number of ether oxygens (including phenoxy) is 1. The molecule has 0 aliphatic carbocycles. The molecular formula is C23H25N3O5S. The summed E-state index contributed by atoms with van der Waals surface area (Å²) in [6, 6.07) is 13.6. The van der Waals surface area contributed by atoms with Crippen molar-refractivity contribution in [2.75, 3.05) is 33.4 Å². The summed E-state index contributed by atoms with van der Waals surface area (Å²) >= 11 is 0. The molecule has 2 aliphatic heterocycles. The average Bonchev–Trinajstić information content (AvgIpc) is 3.15. The van der Waals surface area contributed by atoms with Crippen molar-refractivity contribution in [3.05, 3.63) is 59.8 Å². The number of benzene rings is 2. The lowest BCUT2D eigenvalue weighted by Gasteiger charge is -2.55. The standard InChI is InChI=1S/C23H25N3O5S/c1-15(28)26-14-23(12-25(13-23)32(29,30)17-6-4-3-5-7-17)21-18-9-8-16(31-2)10-19(18)24-22(21)20(26)11-27/h3-10,20,24,27H,11-14H2,1-2H3/t20-/m1/s1. The van der Waals surface area contributed by atoms with Gasteiger partial charge in [0, 0.05) is 54.6 Å². The van der Waals surface area contributed by atoms with Gasteiger partial charge in [0.05, 0.1) is 24.7 Å². The number of sulfonamides is 1. The number of hydrogen-bond acceptors (Lipinski definition) is 5. The second-order valence-electron chi connectivity index (χ2n) is 8.54. The van der Waals surface area contributed by atoms with E-state index in [2.05, 4.69) is 4.98 Å². The Morgan fingerprint density at radius 3 is 2.53 bits per heavy atom. The topological polar surface area (TPSA) is 103 Å². The normalized spacial score (nSPS) is 20.2. The van der Waals surface area contributed by atoms with E-state index in [1.54, 1.807) is 42.3 Å². The Kier molecular flexibility index (Phi) is 4.81. The zero-order valence-electron chi connectivity index (χ0n) is 17.9. The molecule has 1 fully saturated rings. The van der Waals surface area contributed by atoms with Gasteiger partial charge in [-0.3, -0.25) is 4.79 Å². The van der Waals surface area contributed by atoms with Gasteiger partial charge in [0.1, 0.15) is 5.75 Å². The number of aromatic amines is 1. The molecule has 0 unspecified atom stereocenters. The third kappa shape index (κ3) is 2.96. The number of aromatic nitrogens is 1. The van der Waals surface area contributed by atoms with Crippen LogP contribution in [0.5, 0.6) is 5.75 Å². The van der Waals surface area contributed by atoms with Crippen molar-refractivity contribution in [3.63, 3.8) is 0 Å². The Morgan fingerprint density at radius 2 is 1.91 bits per heavy atom. The molecule has 0 radical (unpaired) electrons. The fraction of sp³-hybridized carbons (Fsp3) is 0.348. The number of nitrogens with one attached hydrogen (secondary N) is 1. The molecule has 3 aromatic rings. The lowest BCUT2D eigenvalue weighted by molar-refractivity contribution is -0.135. The average molecular weight is 456 g/mol. The van der Waals surface area contributed by atoms with Crippen LogP contribution in [0.15, 0.2) is 53.4 Å². The lowest BCUT2D eigenvalue weighted by Crippen LogP contribution is -2.67. The summed E-state index contributed by atoms with van der Waals surface area (Å²) in [4.78, 5) is 17.7. The number of rotatable bonds is 4. The van der Waals surface area contributed by atoms with Crippen LogP contribution in [0.2, 0.25) is 0 Å². The minimum Gasteiger partial charge on any atom is -0.497 e. The number of aliphatic hydroxyl groups is 1. The van der Waals surface area contributed by atoms with Gasteiger partial charge in [-0.05, 0) is 29.8 Å². The van der Waals surface area contributed by atoms with Crippen molar-refractivity contribution >= 4 is 26.8 Å². The quantitative estimate of drug-likeness (QED) is 0.627. The molecule has 32 heavy (non-hydrogen) atoms. The summed E-state index contributed by atoms with van der Waals surface area (Å²) in [5.41, 5.74) is 2.02. The number of amides is 1. The summed E-state index contributed by atoms with van der Waals surface area (Å²) in [5, 5.41) is 11.1. The number of carbonyl (C=O) groups excluding carboxylic acids is 1. The number of nitrogens with zero attached hydrogens (tertiary/aromatic N) is 2. The van der Waals surface area contributed by atoms with E-state index in [1.165, 1.54) is 11.2 Å². The Balaban J connectivity index is 1.62. The van der Waals surface area contributed by atoms with Gasteiger partial charge in [0.25, 0.3) is 0 Å². The summed E-state index contributed by atoms with van der Waals surface area (Å²) in [5.74, 6) is 0.533. The van der Waals surface area contributed by atoms with Gasteiger partial charge >= 0.3 is 0 Å². The predicted molar refractivity (Wildman–Crippen MR) is 119 cm³/mol. The number of methoxy groups -OCH3 is 1. The first kappa shape index (κ1) is 21.0. The van der Waals surface area contributed by atoms with Gasteiger partial charge in [-0.25, -0.2) is 8.42 Å². The van der Waals surface area contributed by atoms with Crippen LogP contribution >= 0.6 is 0 Å². The molecule has 1 spiro atoms. The first-order valence-corrected chi connectivity index (χ1v) is 11.9. The highest BCUT2D eigenvalue weighted by Gasteiger charge is 2.56. The molecule has 1 atom stereocenters. The molecule has 2 aromatic carbocycles. The first-order valence-electron chi connectivity index (χ1n) is 10.4. The molecule has 0 bridgehead atoms. The molecule has 1 amide bonds. The van der Waals surface area contributed by atoms with E-state index in [-0.39, 0.29) is 30.5 Å². The van der Waals surface area contributed by atoms with E-state index in [0.717, 1.165) is 22.2 Å². The van der Waals surface area contributed by atoms with E-state index in [4.69, 9.17) is 4.74 Å². The molecule has 3 heterocycles. The summed E-state index contributed by atoms with van der Waals surface area (Å²) < 4.78 is 33.1. The molecule has 2 N–H and O–H groups in total. The van der Waals surface area contributed by atoms with Crippen LogP contribution in [-0.4, -0.2) is 67.0 Å². The maximum Gasteiger partial charge on any atom is 0.243 e. The predicted octanol–water partition coefficient (Wildman–Crippen LogP) is 2.01. The largest absolute Gasteiger partial charge is 0.497 e. The third-order valence-corrected chi connectivity index (χ3v) is 8.47.